The summed E-state index contributed by atoms with van der Waals surface area (Å²) in [5.41, 5.74) is 0.489. The number of esters is 1. The molecule has 120 valence electrons. The molecule has 0 aromatic heterocycles. The molecule has 2 aromatic rings. The van der Waals surface area contributed by atoms with E-state index in [-0.39, 0.29) is 11.9 Å². The summed E-state index contributed by atoms with van der Waals surface area (Å²) < 4.78 is 5.37. The predicted molar refractivity (Wildman–Crippen MR) is 89.2 cm³/mol. The molecule has 1 amide bonds. The highest BCUT2D eigenvalue weighted by Crippen LogP contribution is 2.20. The van der Waals surface area contributed by atoms with Crippen molar-refractivity contribution in [2.45, 2.75) is 44.8 Å². The second kappa shape index (κ2) is 6.82. The van der Waals surface area contributed by atoms with E-state index in [1.807, 2.05) is 36.4 Å². The first-order chi connectivity index (χ1) is 11.1. The average molecular weight is 311 g/mol. The first-order valence-corrected chi connectivity index (χ1v) is 8.14. The molecule has 1 aliphatic rings. The summed E-state index contributed by atoms with van der Waals surface area (Å²) in [6.07, 6.45) is 3.53. The van der Waals surface area contributed by atoms with E-state index >= 15 is 0 Å². The minimum absolute atomic E-state index is 0.217. The van der Waals surface area contributed by atoms with Crippen molar-refractivity contribution in [3.63, 3.8) is 0 Å². The zero-order valence-electron chi connectivity index (χ0n) is 13.2. The van der Waals surface area contributed by atoms with Gasteiger partial charge in [0.15, 0.2) is 6.10 Å². The summed E-state index contributed by atoms with van der Waals surface area (Å²) in [5.74, 6) is -0.679. The number of amides is 1. The monoisotopic (exact) mass is 311 g/mol. The molecule has 0 spiro atoms. The van der Waals surface area contributed by atoms with Crippen LogP contribution < -0.4 is 5.32 Å². The molecule has 0 aliphatic heterocycles. The maximum atomic E-state index is 12.4. The molecule has 1 atom stereocenters. The van der Waals surface area contributed by atoms with Gasteiger partial charge in [-0.15, -0.1) is 0 Å². The van der Waals surface area contributed by atoms with Gasteiger partial charge in [-0.1, -0.05) is 49.2 Å². The maximum absolute atomic E-state index is 12.4. The number of carbonyl (C=O) groups is 2. The Hall–Kier alpha value is -2.36. The fraction of sp³-hybridized carbons (Fsp3) is 0.368. The third-order valence-electron chi connectivity index (χ3n) is 4.36. The summed E-state index contributed by atoms with van der Waals surface area (Å²) >= 11 is 0. The number of carbonyl (C=O) groups excluding carboxylic acids is 2. The van der Waals surface area contributed by atoms with Crippen molar-refractivity contribution < 1.29 is 14.3 Å². The molecular weight excluding hydrogens is 290 g/mol. The highest BCUT2D eigenvalue weighted by molar-refractivity contribution is 6.05. The standard InChI is InChI=1S/C19H21NO3/c1-13(18(21)20-15-9-3-4-10-15)23-19(22)17-12-6-8-14-7-2-5-11-16(14)17/h2,5-8,11-13,15H,3-4,9-10H2,1H3,(H,20,21)/t13-/m1/s1. The molecule has 4 heteroatoms. The molecule has 1 N–H and O–H groups in total. The molecule has 0 unspecified atom stereocenters. The van der Waals surface area contributed by atoms with E-state index in [0.717, 1.165) is 36.5 Å². The van der Waals surface area contributed by atoms with Crippen LogP contribution in [0.3, 0.4) is 0 Å². The van der Waals surface area contributed by atoms with Crippen molar-refractivity contribution in [2.75, 3.05) is 0 Å². The van der Waals surface area contributed by atoms with Gasteiger partial charge >= 0.3 is 5.97 Å². The van der Waals surface area contributed by atoms with E-state index in [4.69, 9.17) is 4.74 Å². The van der Waals surface area contributed by atoms with Crippen LogP contribution in [0.25, 0.3) is 10.8 Å². The highest BCUT2D eigenvalue weighted by Gasteiger charge is 2.24. The number of hydrogen-bond acceptors (Lipinski definition) is 3. The Bertz CT molecular complexity index is 714. The van der Waals surface area contributed by atoms with Crippen molar-refractivity contribution in [3.8, 4) is 0 Å². The van der Waals surface area contributed by atoms with Crippen molar-refractivity contribution in [2.24, 2.45) is 0 Å². The van der Waals surface area contributed by atoms with E-state index < -0.39 is 12.1 Å². The van der Waals surface area contributed by atoms with Gasteiger partial charge in [0.05, 0.1) is 5.56 Å². The summed E-state index contributed by atoms with van der Waals surface area (Å²) in [4.78, 5) is 24.5. The minimum Gasteiger partial charge on any atom is -0.449 e. The van der Waals surface area contributed by atoms with Gasteiger partial charge in [0.2, 0.25) is 0 Å². The molecule has 23 heavy (non-hydrogen) atoms. The van der Waals surface area contributed by atoms with Crippen molar-refractivity contribution in [1.29, 1.82) is 0 Å². The van der Waals surface area contributed by atoms with E-state index in [0.29, 0.717) is 5.56 Å². The SMILES string of the molecule is C[C@@H](OC(=O)c1cccc2ccccc12)C(=O)NC1CCCC1. The number of rotatable bonds is 4. The topological polar surface area (TPSA) is 55.4 Å². The molecule has 0 bridgehead atoms. The first kappa shape index (κ1) is 15.5. The maximum Gasteiger partial charge on any atom is 0.339 e. The molecule has 0 saturated heterocycles. The smallest absolute Gasteiger partial charge is 0.339 e. The summed E-state index contributed by atoms with van der Waals surface area (Å²) in [7, 11) is 0. The zero-order valence-corrected chi connectivity index (χ0v) is 13.2. The van der Waals surface area contributed by atoms with Crippen LogP contribution in [0.5, 0.6) is 0 Å². The summed E-state index contributed by atoms with van der Waals surface area (Å²) in [5, 5.41) is 4.77. The molecular formula is C19H21NO3. The lowest BCUT2D eigenvalue weighted by Crippen LogP contribution is -2.40. The normalized spacial score (nSPS) is 16.2. The highest BCUT2D eigenvalue weighted by atomic mass is 16.5. The van der Waals surface area contributed by atoms with Crippen LogP contribution in [0, 0.1) is 0 Å². The fourth-order valence-corrected chi connectivity index (χ4v) is 3.07. The third-order valence-corrected chi connectivity index (χ3v) is 4.36. The zero-order chi connectivity index (χ0) is 16.2. The first-order valence-electron chi connectivity index (χ1n) is 8.14. The average Bonchev–Trinajstić information content (AvgIpc) is 3.07. The Morgan fingerprint density at radius 2 is 1.78 bits per heavy atom. The Kier molecular flexibility index (Phi) is 4.60. The van der Waals surface area contributed by atoms with Crippen molar-refractivity contribution >= 4 is 22.6 Å². The van der Waals surface area contributed by atoms with Gasteiger partial charge in [0.1, 0.15) is 0 Å². The van der Waals surface area contributed by atoms with E-state index in [9.17, 15) is 9.59 Å². The number of benzene rings is 2. The molecule has 4 nitrogen and oxygen atoms in total. The van der Waals surface area contributed by atoms with Crippen LogP contribution in [-0.4, -0.2) is 24.0 Å². The largest absolute Gasteiger partial charge is 0.449 e. The number of hydrogen-bond donors (Lipinski definition) is 1. The second-order valence-electron chi connectivity index (χ2n) is 6.06. The lowest BCUT2D eigenvalue weighted by molar-refractivity contribution is -0.129. The van der Waals surface area contributed by atoms with Gasteiger partial charge in [0, 0.05) is 6.04 Å². The van der Waals surface area contributed by atoms with Gasteiger partial charge in [-0.05, 0) is 36.6 Å². The Labute approximate surface area is 135 Å². The molecule has 0 radical (unpaired) electrons. The van der Waals surface area contributed by atoms with E-state index in [1.165, 1.54) is 0 Å². The molecule has 3 rings (SSSR count). The van der Waals surface area contributed by atoms with Crippen LogP contribution in [-0.2, 0) is 9.53 Å². The van der Waals surface area contributed by atoms with Crippen LogP contribution in [0.4, 0.5) is 0 Å². The Morgan fingerprint density at radius 3 is 2.57 bits per heavy atom. The van der Waals surface area contributed by atoms with E-state index in [1.54, 1.807) is 13.0 Å². The fourth-order valence-electron chi connectivity index (χ4n) is 3.07. The second-order valence-corrected chi connectivity index (χ2v) is 6.06. The Balaban J connectivity index is 1.69. The number of fused-ring (bicyclic) bond motifs is 1. The molecule has 0 heterocycles. The summed E-state index contributed by atoms with van der Waals surface area (Å²) in [6, 6.07) is 13.4. The van der Waals surface area contributed by atoms with Crippen molar-refractivity contribution in [3.05, 3.63) is 48.0 Å². The lowest BCUT2D eigenvalue weighted by atomic mass is 10.0. The number of nitrogens with one attached hydrogen (secondary N) is 1. The van der Waals surface area contributed by atoms with Gasteiger partial charge in [-0.3, -0.25) is 4.79 Å². The minimum atomic E-state index is -0.790. The van der Waals surface area contributed by atoms with Crippen LogP contribution in [0.15, 0.2) is 42.5 Å². The van der Waals surface area contributed by atoms with Crippen LogP contribution in [0.1, 0.15) is 43.0 Å². The molecule has 1 fully saturated rings. The van der Waals surface area contributed by atoms with Gasteiger partial charge in [-0.2, -0.15) is 0 Å². The van der Waals surface area contributed by atoms with Gasteiger partial charge in [0.25, 0.3) is 5.91 Å². The van der Waals surface area contributed by atoms with E-state index in [2.05, 4.69) is 5.32 Å². The van der Waals surface area contributed by atoms with Gasteiger partial charge < -0.3 is 10.1 Å². The molecule has 1 aliphatic carbocycles. The quantitative estimate of drug-likeness (QED) is 0.880. The molecule has 1 saturated carbocycles. The molecule has 2 aromatic carbocycles. The third kappa shape index (κ3) is 3.52. The summed E-state index contributed by atoms with van der Waals surface area (Å²) in [6.45, 7) is 1.62. The number of ether oxygens (including phenoxy) is 1. The lowest BCUT2D eigenvalue weighted by Gasteiger charge is -2.17. The van der Waals surface area contributed by atoms with Crippen LogP contribution >= 0.6 is 0 Å². The predicted octanol–water partition coefficient (Wildman–Crippen LogP) is 3.44. The van der Waals surface area contributed by atoms with Crippen molar-refractivity contribution in [1.82, 2.24) is 5.32 Å². The Morgan fingerprint density at radius 1 is 1.09 bits per heavy atom. The van der Waals surface area contributed by atoms with Crippen LogP contribution in [0.2, 0.25) is 0 Å². The van der Waals surface area contributed by atoms with Gasteiger partial charge in [-0.25, -0.2) is 4.79 Å².